The molecule has 1 aromatic rings. The maximum absolute atomic E-state index is 12.3. The van der Waals surface area contributed by atoms with E-state index in [1.54, 1.807) is 0 Å². The maximum Gasteiger partial charge on any atom is 0.231 e. The molecule has 6 nitrogen and oxygen atoms in total. The number of hydrogen-bond donors (Lipinski definition) is 3. The predicted molar refractivity (Wildman–Crippen MR) is 74.9 cm³/mol. The molecule has 0 bridgehead atoms. The van der Waals surface area contributed by atoms with Crippen LogP contribution >= 0.6 is 0 Å². The quantitative estimate of drug-likeness (QED) is 0.326. The lowest BCUT2D eigenvalue weighted by molar-refractivity contribution is -0.123. The van der Waals surface area contributed by atoms with E-state index in [0.717, 1.165) is 17.7 Å². The Hall–Kier alpha value is -2.24. The molecule has 2 unspecified atom stereocenters. The highest BCUT2D eigenvalue weighted by Crippen LogP contribution is 2.33. The molecule has 0 radical (unpaired) electrons. The normalized spacial score (nSPS) is 19.1. The summed E-state index contributed by atoms with van der Waals surface area (Å²) in [4.78, 5) is 12.3. The molecular formula is C14H19N3O3. The minimum absolute atomic E-state index is 0.0207. The molecule has 1 amide bonds. The van der Waals surface area contributed by atoms with Crippen LogP contribution in [0, 0.1) is 0 Å². The van der Waals surface area contributed by atoms with Gasteiger partial charge in [-0.15, -0.1) is 0 Å². The van der Waals surface area contributed by atoms with Gasteiger partial charge in [-0.1, -0.05) is 36.7 Å². The zero-order valence-corrected chi connectivity index (χ0v) is 11.4. The zero-order chi connectivity index (χ0) is 14.5. The van der Waals surface area contributed by atoms with E-state index >= 15 is 0 Å². The minimum Gasteiger partial charge on any atom is -0.492 e. The Labute approximate surface area is 117 Å². The number of fused-ring (bicyclic) bond motifs is 1. The van der Waals surface area contributed by atoms with Crippen molar-refractivity contribution in [3.63, 3.8) is 0 Å². The minimum atomic E-state index is -0.453. The fourth-order valence-corrected chi connectivity index (χ4v) is 2.30. The molecule has 6 heteroatoms. The van der Waals surface area contributed by atoms with Crippen LogP contribution in [-0.4, -0.2) is 29.6 Å². The van der Waals surface area contributed by atoms with Gasteiger partial charge in [0.15, 0.2) is 5.84 Å². The van der Waals surface area contributed by atoms with Crippen LogP contribution in [0.15, 0.2) is 29.4 Å². The number of hydrogen-bond acceptors (Lipinski definition) is 4. The van der Waals surface area contributed by atoms with Crippen LogP contribution in [0.4, 0.5) is 0 Å². The molecular weight excluding hydrogens is 258 g/mol. The SMILES string of the molecule is CCCC(NC(=O)C1COc2ccccc21)C(N)=NO. The number of nitrogens with one attached hydrogen (secondary N) is 1. The Kier molecular flexibility index (Phi) is 4.45. The molecule has 1 heterocycles. The Morgan fingerprint density at radius 3 is 3.05 bits per heavy atom. The van der Waals surface area contributed by atoms with E-state index in [9.17, 15) is 4.79 Å². The molecule has 0 aromatic heterocycles. The van der Waals surface area contributed by atoms with Crippen LogP contribution in [0.5, 0.6) is 5.75 Å². The first-order chi connectivity index (χ1) is 9.67. The van der Waals surface area contributed by atoms with Gasteiger partial charge < -0.3 is 21.0 Å². The number of para-hydroxylation sites is 1. The number of oxime groups is 1. The van der Waals surface area contributed by atoms with Gasteiger partial charge in [-0.25, -0.2) is 0 Å². The van der Waals surface area contributed by atoms with Crippen LogP contribution in [0.25, 0.3) is 0 Å². The molecule has 0 saturated heterocycles. The van der Waals surface area contributed by atoms with Crippen LogP contribution in [-0.2, 0) is 4.79 Å². The van der Waals surface area contributed by atoms with E-state index in [0.29, 0.717) is 13.0 Å². The fraction of sp³-hybridized carbons (Fsp3) is 0.429. The summed E-state index contributed by atoms with van der Waals surface area (Å²) in [6.07, 6.45) is 1.44. The van der Waals surface area contributed by atoms with E-state index in [1.807, 2.05) is 31.2 Å². The third-order valence-electron chi connectivity index (χ3n) is 3.38. The number of amides is 1. The first kappa shape index (κ1) is 14.2. The highest BCUT2D eigenvalue weighted by atomic mass is 16.5. The van der Waals surface area contributed by atoms with Gasteiger partial charge in [-0.2, -0.15) is 0 Å². The third kappa shape index (κ3) is 2.84. The first-order valence-corrected chi connectivity index (χ1v) is 6.66. The summed E-state index contributed by atoms with van der Waals surface area (Å²) in [7, 11) is 0. The van der Waals surface area contributed by atoms with Crippen LogP contribution in [0.1, 0.15) is 31.2 Å². The monoisotopic (exact) mass is 277 g/mol. The topological polar surface area (TPSA) is 96.9 Å². The molecule has 0 spiro atoms. The number of benzene rings is 1. The fourth-order valence-electron chi connectivity index (χ4n) is 2.30. The number of nitrogens with two attached hydrogens (primary N) is 1. The summed E-state index contributed by atoms with van der Waals surface area (Å²) < 4.78 is 5.49. The van der Waals surface area contributed by atoms with Gasteiger partial charge in [0.1, 0.15) is 18.3 Å². The predicted octanol–water partition coefficient (Wildman–Crippen LogP) is 1.19. The van der Waals surface area contributed by atoms with Gasteiger partial charge in [-0.3, -0.25) is 4.79 Å². The van der Waals surface area contributed by atoms with Gasteiger partial charge in [0, 0.05) is 5.56 Å². The average molecular weight is 277 g/mol. The molecule has 0 aliphatic carbocycles. The Balaban J connectivity index is 2.09. The van der Waals surface area contributed by atoms with Crippen molar-refractivity contribution < 1.29 is 14.7 Å². The van der Waals surface area contributed by atoms with E-state index < -0.39 is 6.04 Å². The molecule has 1 aliphatic heterocycles. The molecule has 2 rings (SSSR count). The van der Waals surface area contributed by atoms with Crippen LogP contribution in [0.3, 0.4) is 0 Å². The standard InChI is InChI=1S/C14H19N3O3/c1-2-5-11(13(15)17-19)16-14(18)10-8-20-12-7-4-3-6-9(10)12/h3-4,6-7,10-11,19H,2,5,8H2,1H3,(H2,15,17)(H,16,18). The Bertz CT molecular complexity index is 516. The largest absolute Gasteiger partial charge is 0.492 e. The Morgan fingerprint density at radius 1 is 1.60 bits per heavy atom. The van der Waals surface area contributed by atoms with Crippen molar-refractivity contribution in [2.24, 2.45) is 10.9 Å². The smallest absolute Gasteiger partial charge is 0.231 e. The van der Waals surface area contributed by atoms with Gasteiger partial charge in [0.25, 0.3) is 0 Å². The van der Waals surface area contributed by atoms with E-state index in [4.69, 9.17) is 15.7 Å². The van der Waals surface area contributed by atoms with Crippen LogP contribution in [0.2, 0.25) is 0 Å². The Morgan fingerprint density at radius 2 is 2.35 bits per heavy atom. The second-order valence-electron chi connectivity index (χ2n) is 4.78. The molecule has 20 heavy (non-hydrogen) atoms. The van der Waals surface area contributed by atoms with Gasteiger partial charge in [0.05, 0.1) is 6.04 Å². The van der Waals surface area contributed by atoms with Crippen LogP contribution < -0.4 is 15.8 Å². The molecule has 4 N–H and O–H groups in total. The summed E-state index contributed by atoms with van der Waals surface area (Å²) in [5.41, 5.74) is 6.47. The number of rotatable bonds is 5. The van der Waals surface area contributed by atoms with E-state index in [-0.39, 0.29) is 17.7 Å². The molecule has 2 atom stereocenters. The number of carbonyl (C=O) groups excluding carboxylic acids is 1. The summed E-state index contributed by atoms with van der Waals surface area (Å²) in [5.74, 6) is 0.243. The highest BCUT2D eigenvalue weighted by Gasteiger charge is 2.31. The molecule has 108 valence electrons. The van der Waals surface area contributed by atoms with E-state index in [1.165, 1.54) is 0 Å². The third-order valence-corrected chi connectivity index (χ3v) is 3.38. The number of ether oxygens (including phenoxy) is 1. The second-order valence-corrected chi connectivity index (χ2v) is 4.78. The van der Waals surface area contributed by atoms with Crippen molar-refractivity contribution in [2.75, 3.05) is 6.61 Å². The lowest BCUT2D eigenvalue weighted by Gasteiger charge is -2.18. The number of nitrogens with zero attached hydrogens (tertiary/aromatic N) is 1. The maximum atomic E-state index is 12.3. The van der Waals surface area contributed by atoms with E-state index in [2.05, 4.69) is 10.5 Å². The zero-order valence-electron chi connectivity index (χ0n) is 11.4. The highest BCUT2D eigenvalue weighted by molar-refractivity contribution is 5.92. The average Bonchev–Trinajstić information content (AvgIpc) is 2.90. The van der Waals surface area contributed by atoms with Gasteiger partial charge in [0.2, 0.25) is 5.91 Å². The van der Waals surface area contributed by atoms with Crippen molar-refractivity contribution in [3.8, 4) is 5.75 Å². The van der Waals surface area contributed by atoms with Crippen molar-refractivity contribution in [2.45, 2.75) is 31.7 Å². The summed E-state index contributed by atoms with van der Waals surface area (Å²) in [6.45, 7) is 2.29. The molecule has 1 aliphatic rings. The second kappa shape index (κ2) is 6.27. The van der Waals surface area contributed by atoms with Gasteiger partial charge in [-0.05, 0) is 12.5 Å². The lowest BCUT2D eigenvalue weighted by Crippen LogP contribution is -2.46. The van der Waals surface area contributed by atoms with Gasteiger partial charge >= 0.3 is 0 Å². The number of amidine groups is 1. The molecule has 0 saturated carbocycles. The first-order valence-electron chi connectivity index (χ1n) is 6.66. The van der Waals surface area contributed by atoms with Crippen molar-refractivity contribution in [1.29, 1.82) is 0 Å². The van der Waals surface area contributed by atoms with Crippen molar-refractivity contribution >= 4 is 11.7 Å². The summed E-state index contributed by atoms with van der Waals surface area (Å²) in [6, 6.07) is 7.02. The molecule has 0 fully saturated rings. The summed E-state index contributed by atoms with van der Waals surface area (Å²) >= 11 is 0. The lowest BCUT2D eigenvalue weighted by atomic mass is 9.99. The van der Waals surface area contributed by atoms with Crippen molar-refractivity contribution in [1.82, 2.24) is 5.32 Å². The molecule has 1 aromatic carbocycles. The number of carbonyl (C=O) groups is 1. The summed E-state index contributed by atoms with van der Waals surface area (Å²) in [5, 5.41) is 14.6. The van der Waals surface area contributed by atoms with Crippen molar-refractivity contribution in [3.05, 3.63) is 29.8 Å².